The Morgan fingerprint density at radius 1 is 1.10 bits per heavy atom. The van der Waals surface area contributed by atoms with Crippen LogP contribution in [0.25, 0.3) is 0 Å². The lowest BCUT2D eigenvalue weighted by Crippen LogP contribution is -2.49. The second-order valence-electron chi connectivity index (χ2n) is 7.03. The number of carbonyl (C=O) groups is 2. The van der Waals surface area contributed by atoms with Crippen LogP contribution in [0.3, 0.4) is 0 Å². The maximum Gasteiger partial charge on any atom is 0.329 e. The summed E-state index contributed by atoms with van der Waals surface area (Å²) >= 11 is 0. The summed E-state index contributed by atoms with van der Waals surface area (Å²) < 4.78 is 10.8. The van der Waals surface area contributed by atoms with E-state index in [4.69, 9.17) is 9.15 Å². The van der Waals surface area contributed by atoms with Gasteiger partial charge in [-0.25, -0.2) is 4.79 Å². The molecule has 0 saturated carbocycles. The highest BCUT2D eigenvalue weighted by Gasteiger charge is 2.36. The fourth-order valence-electron chi connectivity index (χ4n) is 3.58. The fourth-order valence-corrected chi connectivity index (χ4v) is 3.58. The molecule has 4 rings (SSSR count). The van der Waals surface area contributed by atoms with Gasteiger partial charge < -0.3 is 14.1 Å². The number of nitrogens with zero attached hydrogens (tertiary/aromatic N) is 2. The highest BCUT2D eigenvalue weighted by molar-refractivity contribution is 5.95. The summed E-state index contributed by atoms with van der Waals surface area (Å²) in [6, 6.07) is 14.3. The van der Waals surface area contributed by atoms with Crippen molar-refractivity contribution in [3.8, 4) is 0 Å². The van der Waals surface area contributed by atoms with E-state index in [2.05, 4.69) is 4.98 Å². The van der Waals surface area contributed by atoms with Crippen molar-refractivity contribution < 1.29 is 18.7 Å². The van der Waals surface area contributed by atoms with E-state index in [0.29, 0.717) is 26.0 Å². The van der Waals surface area contributed by atoms with Gasteiger partial charge in [0.05, 0.1) is 12.9 Å². The topological polar surface area (TPSA) is 72.6 Å². The number of carbonyl (C=O) groups excluding carboxylic acids is 2. The van der Waals surface area contributed by atoms with E-state index in [9.17, 15) is 9.59 Å². The van der Waals surface area contributed by atoms with E-state index >= 15 is 0 Å². The van der Waals surface area contributed by atoms with E-state index in [0.717, 1.165) is 23.1 Å². The molecule has 1 unspecified atom stereocenters. The number of pyridine rings is 1. The molecule has 148 valence electrons. The van der Waals surface area contributed by atoms with Gasteiger partial charge in [0.15, 0.2) is 5.76 Å². The number of furan rings is 1. The third-order valence-corrected chi connectivity index (χ3v) is 5.09. The average molecular weight is 390 g/mol. The van der Waals surface area contributed by atoms with Gasteiger partial charge in [0.2, 0.25) is 0 Å². The number of aryl methyl sites for hydroxylation is 1. The van der Waals surface area contributed by atoms with Gasteiger partial charge in [-0.05, 0) is 47.7 Å². The number of fused-ring (bicyclic) bond motifs is 1. The van der Waals surface area contributed by atoms with Crippen molar-refractivity contribution in [1.82, 2.24) is 9.88 Å². The van der Waals surface area contributed by atoms with Crippen molar-refractivity contribution in [2.24, 2.45) is 0 Å². The van der Waals surface area contributed by atoms with Crippen molar-refractivity contribution in [3.05, 3.63) is 89.6 Å². The molecule has 2 aromatic heterocycles. The molecular formula is C23H22N2O4. The summed E-state index contributed by atoms with van der Waals surface area (Å²) in [6.07, 6.45) is 6.91. The fraction of sp³-hybridized carbons (Fsp3) is 0.261. The van der Waals surface area contributed by atoms with Gasteiger partial charge in [0.25, 0.3) is 5.91 Å². The monoisotopic (exact) mass is 390 g/mol. The van der Waals surface area contributed by atoms with Crippen LogP contribution in [0, 0.1) is 0 Å². The SMILES string of the molecule is O=C(OCCCc1cccnc1)C1Cc2ccccc2CN1C(=O)c1ccco1. The largest absolute Gasteiger partial charge is 0.464 e. The average Bonchev–Trinajstić information content (AvgIpc) is 3.31. The molecule has 0 fully saturated rings. The van der Waals surface area contributed by atoms with Crippen LogP contribution in [0.4, 0.5) is 0 Å². The zero-order chi connectivity index (χ0) is 20.1. The lowest BCUT2D eigenvalue weighted by molar-refractivity contribution is -0.149. The zero-order valence-electron chi connectivity index (χ0n) is 16.0. The molecule has 29 heavy (non-hydrogen) atoms. The summed E-state index contributed by atoms with van der Waals surface area (Å²) in [6.45, 7) is 0.653. The smallest absolute Gasteiger partial charge is 0.329 e. The molecule has 1 aromatic carbocycles. The third kappa shape index (κ3) is 4.37. The quantitative estimate of drug-likeness (QED) is 0.476. The number of ether oxygens (including phenoxy) is 1. The lowest BCUT2D eigenvalue weighted by atomic mass is 9.93. The maximum absolute atomic E-state index is 12.9. The van der Waals surface area contributed by atoms with E-state index in [1.807, 2.05) is 42.6 Å². The number of hydrogen-bond acceptors (Lipinski definition) is 5. The molecule has 0 radical (unpaired) electrons. The Hall–Kier alpha value is -3.41. The Morgan fingerprint density at radius 2 is 1.97 bits per heavy atom. The summed E-state index contributed by atoms with van der Waals surface area (Å²) in [4.78, 5) is 31.4. The van der Waals surface area contributed by atoms with Gasteiger partial charge in [0, 0.05) is 25.4 Å². The second-order valence-corrected chi connectivity index (χ2v) is 7.03. The van der Waals surface area contributed by atoms with Crippen LogP contribution in [0.2, 0.25) is 0 Å². The first-order valence-electron chi connectivity index (χ1n) is 9.69. The minimum Gasteiger partial charge on any atom is -0.464 e. The lowest BCUT2D eigenvalue weighted by Gasteiger charge is -2.34. The molecule has 3 aromatic rings. The number of rotatable bonds is 6. The molecule has 0 bridgehead atoms. The molecule has 6 heteroatoms. The Labute approximate surface area is 169 Å². The van der Waals surface area contributed by atoms with Crippen molar-refractivity contribution in [3.63, 3.8) is 0 Å². The van der Waals surface area contributed by atoms with Gasteiger partial charge in [0.1, 0.15) is 6.04 Å². The zero-order valence-corrected chi connectivity index (χ0v) is 16.0. The van der Waals surface area contributed by atoms with Crippen molar-refractivity contribution in [2.75, 3.05) is 6.61 Å². The molecule has 0 aliphatic carbocycles. The van der Waals surface area contributed by atoms with E-state index in [1.165, 1.54) is 6.26 Å². The minimum absolute atomic E-state index is 0.221. The minimum atomic E-state index is -0.666. The standard InChI is InChI=1S/C23H22N2O4/c26-22(21-10-5-12-28-21)25-16-19-9-2-1-8-18(19)14-20(25)23(27)29-13-4-7-17-6-3-11-24-15-17/h1-3,5-6,8-12,15,20H,4,7,13-14,16H2. The number of aromatic nitrogens is 1. The predicted octanol–water partition coefficient (Wildman–Crippen LogP) is 3.42. The molecule has 6 nitrogen and oxygen atoms in total. The van der Waals surface area contributed by atoms with Gasteiger partial charge in [-0.2, -0.15) is 0 Å². The second kappa shape index (κ2) is 8.73. The molecule has 1 atom stereocenters. The maximum atomic E-state index is 12.9. The molecule has 1 amide bonds. The van der Waals surface area contributed by atoms with Crippen molar-refractivity contribution >= 4 is 11.9 Å². The molecule has 1 aliphatic rings. The molecule has 1 aliphatic heterocycles. The molecule has 0 saturated heterocycles. The Kier molecular flexibility index (Phi) is 5.70. The number of benzene rings is 1. The first-order valence-corrected chi connectivity index (χ1v) is 9.69. The number of hydrogen-bond donors (Lipinski definition) is 0. The highest BCUT2D eigenvalue weighted by Crippen LogP contribution is 2.26. The normalized spacial score (nSPS) is 15.6. The Bertz CT molecular complexity index is 970. The molecule has 0 N–H and O–H groups in total. The first-order chi connectivity index (χ1) is 14.2. The summed E-state index contributed by atoms with van der Waals surface area (Å²) in [7, 11) is 0. The summed E-state index contributed by atoms with van der Waals surface area (Å²) in [5.41, 5.74) is 3.20. The Morgan fingerprint density at radius 3 is 2.72 bits per heavy atom. The van der Waals surface area contributed by atoms with Crippen LogP contribution >= 0.6 is 0 Å². The van der Waals surface area contributed by atoms with Crippen LogP contribution in [-0.2, 0) is 28.9 Å². The van der Waals surface area contributed by atoms with E-state index < -0.39 is 6.04 Å². The van der Waals surface area contributed by atoms with E-state index in [1.54, 1.807) is 23.2 Å². The predicted molar refractivity (Wildman–Crippen MR) is 106 cm³/mol. The molecule has 3 heterocycles. The highest BCUT2D eigenvalue weighted by atomic mass is 16.5. The van der Waals surface area contributed by atoms with Crippen LogP contribution in [-0.4, -0.2) is 34.4 Å². The molecule has 0 spiro atoms. The van der Waals surface area contributed by atoms with Gasteiger partial charge in [-0.15, -0.1) is 0 Å². The number of esters is 1. The van der Waals surface area contributed by atoms with Crippen molar-refractivity contribution in [2.45, 2.75) is 31.8 Å². The Balaban J connectivity index is 1.43. The molecular weight excluding hydrogens is 368 g/mol. The van der Waals surface area contributed by atoms with Gasteiger partial charge in [-0.1, -0.05) is 30.3 Å². The van der Waals surface area contributed by atoms with E-state index in [-0.39, 0.29) is 17.6 Å². The summed E-state index contributed by atoms with van der Waals surface area (Å²) in [5, 5.41) is 0. The van der Waals surface area contributed by atoms with Gasteiger partial charge >= 0.3 is 5.97 Å². The van der Waals surface area contributed by atoms with Gasteiger partial charge in [-0.3, -0.25) is 9.78 Å². The van der Waals surface area contributed by atoms with Crippen molar-refractivity contribution in [1.29, 1.82) is 0 Å². The van der Waals surface area contributed by atoms with Crippen LogP contribution in [0.5, 0.6) is 0 Å². The first kappa shape index (κ1) is 18.9. The van der Waals surface area contributed by atoms with Crippen LogP contribution in [0.15, 0.2) is 71.6 Å². The number of amides is 1. The van der Waals surface area contributed by atoms with Crippen LogP contribution in [0.1, 0.15) is 33.7 Å². The summed E-state index contributed by atoms with van der Waals surface area (Å²) in [5.74, 6) is -0.467. The van der Waals surface area contributed by atoms with Crippen LogP contribution < -0.4 is 0 Å². The third-order valence-electron chi connectivity index (χ3n) is 5.09.